The molecule has 0 heterocycles. The van der Waals surface area contributed by atoms with Gasteiger partial charge >= 0.3 is 6.03 Å². The number of hydrogen-bond acceptors (Lipinski definition) is 5. The van der Waals surface area contributed by atoms with E-state index < -0.39 is 17.0 Å². The second-order valence-electron chi connectivity index (χ2n) is 10.6. The van der Waals surface area contributed by atoms with Gasteiger partial charge in [0.15, 0.2) is 11.0 Å². The van der Waals surface area contributed by atoms with E-state index in [4.69, 9.17) is 32.9 Å². The van der Waals surface area contributed by atoms with E-state index in [1.54, 1.807) is 31.0 Å². The SMILES string of the molecule is CCCNC(=O)NS(=O)c1ccc(CSC(Cc2ccc(C)cc2)=N/C=C(\C)C(C)(C)c2ccc(Cl)c(OC)c2)c(Cl)c1. The first kappa shape index (κ1) is 34.7. The number of allylic oxidation sites excluding steroid dienone is 1. The molecule has 10 heteroatoms. The highest BCUT2D eigenvalue weighted by molar-refractivity contribution is 8.13. The average molecular weight is 661 g/mol. The fraction of sp³-hybridized carbons (Fsp3) is 0.333. The maximum absolute atomic E-state index is 12.6. The van der Waals surface area contributed by atoms with Gasteiger partial charge in [-0.3, -0.25) is 9.71 Å². The van der Waals surface area contributed by atoms with Crippen molar-refractivity contribution in [3.8, 4) is 5.75 Å². The number of methoxy groups -OCH3 is 1. The Hall–Kier alpha value is -2.78. The molecule has 3 rings (SSSR count). The van der Waals surface area contributed by atoms with Gasteiger partial charge in [-0.15, -0.1) is 11.8 Å². The zero-order valence-electron chi connectivity index (χ0n) is 25.4. The molecule has 2 amide bonds. The molecule has 0 saturated carbocycles. The predicted octanol–water partition coefficient (Wildman–Crippen LogP) is 8.80. The number of ether oxygens (including phenoxy) is 1. The van der Waals surface area contributed by atoms with Gasteiger partial charge in [0.2, 0.25) is 0 Å². The van der Waals surface area contributed by atoms with Crippen molar-refractivity contribution in [1.29, 1.82) is 0 Å². The maximum atomic E-state index is 12.6. The molecule has 0 aliphatic rings. The predicted molar refractivity (Wildman–Crippen MR) is 183 cm³/mol. The minimum absolute atomic E-state index is 0.308. The van der Waals surface area contributed by atoms with Crippen LogP contribution in [0.3, 0.4) is 0 Å². The number of carbonyl (C=O) groups excluding carboxylic acids is 1. The Bertz CT molecular complexity index is 1510. The fourth-order valence-electron chi connectivity index (χ4n) is 3.96. The van der Waals surface area contributed by atoms with E-state index in [0.717, 1.165) is 33.7 Å². The third kappa shape index (κ3) is 10.1. The number of urea groups is 1. The van der Waals surface area contributed by atoms with Crippen LogP contribution in [0, 0.1) is 6.92 Å². The van der Waals surface area contributed by atoms with E-state index in [2.05, 4.69) is 62.0 Å². The maximum Gasteiger partial charge on any atom is 0.326 e. The molecule has 6 nitrogen and oxygen atoms in total. The third-order valence-electron chi connectivity index (χ3n) is 7.09. The fourth-order valence-corrected chi connectivity index (χ4v) is 6.29. The highest BCUT2D eigenvalue weighted by Crippen LogP contribution is 2.36. The molecule has 1 atom stereocenters. The first-order valence-electron chi connectivity index (χ1n) is 14.0. The summed E-state index contributed by atoms with van der Waals surface area (Å²) in [7, 11) is -0.0994. The van der Waals surface area contributed by atoms with Gasteiger partial charge in [-0.2, -0.15) is 0 Å². The molecule has 3 aromatic carbocycles. The van der Waals surface area contributed by atoms with Gasteiger partial charge in [-0.1, -0.05) is 85.9 Å². The summed E-state index contributed by atoms with van der Waals surface area (Å²) in [5.74, 6) is 1.22. The molecule has 0 fully saturated rings. The van der Waals surface area contributed by atoms with Crippen LogP contribution in [-0.2, 0) is 28.6 Å². The first-order chi connectivity index (χ1) is 20.4. The van der Waals surface area contributed by atoms with Gasteiger partial charge in [0.05, 0.1) is 22.1 Å². The number of halogens is 2. The van der Waals surface area contributed by atoms with Gasteiger partial charge in [0, 0.05) is 35.4 Å². The lowest BCUT2D eigenvalue weighted by Crippen LogP contribution is -2.36. The number of amides is 2. The Morgan fingerprint density at radius 1 is 1.07 bits per heavy atom. The molecule has 1 unspecified atom stereocenters. The molecular weight excluding hydrogens is 621 g/mol. The highest BCUT2D eigenvalue weighted by atomic mass is 35.5. The quantitative estimate of drug-likeness (QED) is 0.150. The molecule has 0 saturated heterocycles. The van der Waals surface area contributed by atoms with E-state index in [1.165, 1.54) is 5.56 Å². The summed E-state index contributed by atoms with van der Waals surface area (Å²) in [6.45, 7) is 10.9. The smallest absolute Gasteiger partial charge is 0.326 e. The molecule has 0 bridgehead atoms. The summed E-state index contributed by atoms with van der Waals surface area (Å²) in [5.41, 5.74) is 5.10. The third-order valence-corrected chi connectivity index (χ3v) is 9.85. The number of benzene rings is 3. The Balaban J connectivity index is 1.82. The minimum atomic E-state index is -1.71. The lowest BCUT2D eigenvalue weighted by molar-refractivity contribution is 0.246. The second-order valence-corrected chi connectivity index (χ2v) is 13.7. The Morgan fingerprint density at radius 3 is 2.44 bits per heavy atom. The van der Waals surface area contributed by atoms with Crippen LogP contribution in [0.2, 0.25) is 10.0 Å². The molecule has 0 aliphatic carbocycles. The summed E-state index contributed by atoms with van der Waals surface area (Å²) in [4.78, 5) is 17.3. The van der Waals surface area contributed by atoms with Gasteiger partial charge < -0.3 is 10.1 Å². The van der Waals surface area contributed by atoms with Crippen LogP contribution in [0.1, 0.15) is 56.4 Å². The normalized spacial score (nSPS) is 13.0. The molecular formula is C33H39Cl2N3O3S2. The van der Waals surface area contributed by atoms with Crippen molar-refractivity contribution in [3.63, 3.8) is 0 Å². The van der Waals surface area contributed by atoms with Gasteiger partial charge in [0.1, 0.15) is 5.75 Å². The summed E-state index contributed by atoms with van der Waals surface area (Å²) < 4.78 is 20.5. The molecule has 43 heavy (non-hydrogen) atoms. The number of nitrogens with zero attached hydrogens (tertiary/aromatic N) is 1. The standard InChI is InChI=1S/C33H39Cl2N3O3S2/c1-7-16-36-32(39)38-43(40)27-14-12-25(29(35)19-27)21-42-31(17-24-10-8-22(2)9-11-24)37-20-23(3)33(4,5)26-13-15-28(34)30(18-26)41-6/h8-15,18-20H,7,16-17,21H2,1-6H3,(H2,36,38,39)/b23-20+,37-31?. The summed E-state index contributed by atoms with van der Waals surface area (Å²) in [6.07, 6.45) is 3.39. The lowest BCUT2D eigenvalue weighted by Gasteiger charge is -2.27. The van der Waals surface area contributed by atoms with Crippen molar-refractivity contribution in [3.05, 3.63) is 105 Å². The average Bonchev–Trinajstić information content (AvgIpc) is 2.98. The van der Waals surface area contributed by atoms with E-state index in [9.17, 15) is 9.00 Å². The first-order valence-corrected chi connectivity index (χ1v) is 16.8. The van der Waals surface area contributed by atoms with Crippen molar-refractivity contribution in [1.82, 2.24) is 10.0 Å². The topological polar surface area (TPSA) is 79.8 Å². The van der Waals surface area contributed by atoms with Crippen LogP contribution in [-0.4, -0.2) is 28.9 Å². The van der Waals surface area contributed by atoms with E-state index in [-0.39, 0.29) is 5.41 Å². The zero-order valence-corrected chi connectivity index (χ0v) is 28.6. The van der Waals surface area contributed by atoms with Crippen LogP contribution < -0.4 is 14.8 Å². The number of aryl methyl sites for hydroxylation is 1. The van der Waals surface area contributed by atoms with Crippen molar-refractivity contribution < 1.29 is 13.7 Å². The largest absolute Gasteiger partial charge is 0.495 e. The molecule has 0 radical (unpaired) electrons. The Labute approximate surface area is 272 Å². The number of rotatable bonds is 12. The van der Waals surface area contributed by atoms with E-state index in [0.29, 0.717) is 39.4 Å². The second kappa shape index (κ2) is 16.3. The number of nitrogens with one attached hydrogen (secondary N) is 2. The molecule has 0 spiro atoms. The number of hydrogen-bond donors (Lipinski definition) is 2. The summed E-state index contributed by atoms with van der Waals surface area (Å²) in [6, 6.07) is 19.0. The van der Waals surface area contributed by atoms with Crippen molar-refractivity contribution in [2.45, 2.75) is 63.5 Å². The van der Waals surface area contributed by atoms with Crippen molar-refractivity contribution in [2.24, 2.45) is 4.99 Å². The van der Waals surface area contributed by atoms with E-state index >= 15 is 0 Å². The molecule has 0 aromatic heterocycles. The Morgan fingerprint density at radius 2 is 1.79 bits per heavy atom. The Kier molecular flexibility index (Phi) is 13.2. The van der Waals surface area contributed by atoms with Crippen LogP contribution in [0.5, 0.6) is 5.75 Å². The van der Waals surface area contributed by atoms with Gasteiger partial charge in [-0.25, -0.2) is 9.00 Å². The monoisotopic (exact) mass is 659 g/mol. The van der Waals surface area contributed by atoms with Gasteiger partial charge in [-0.05, 0) is 66.8 Å². The molecule has 2 N–H and O–H groups in total. The summed E-state index contributed by atoms with van der Waals surface area (Å²) >= 11 is 14.5. The van der Waals surface area contributed by atoms with Crippen LogP contribution in [0.4, 0.5) is 4.79 Å². The molecule has 0 aliphatic heterocycles. The minimum Gasteiger partial charge on any atom is -0.495 e. The highest BCUT2D eigenvalue weighted by Gasteiger charge is 2.24. The number of thioether (sulfide) groups is 1. The lowest BCUT2D eigenvalue weighted by atomic mass is 9.78. The number of carbonyl (C=O) groups is 1. The molecule has 230 valence electrons. The van der Waals surface area contributed by atoms with Crippen molar-refractivity contribution in [2.75, 3.05) is 13.7 Å². The van der Waals surface area contributed by atoms with Crippen LogP contribution in [0.25, 0.3) is 0 Å². The van der Waals surface area contributed by atoms with E-state index in [1.807, 2.05) is 37.4 Å². The van der Waals surface area contributed by atoms with Crippen LogP contribution >= 0.6 is 35.0 Å². The molecule has 3 aromatic rings. The summed E-state index contributed by atoms with van der Waals surface area (Å²) in [5, 5.41) is 4.64. The van der Waals surface area contributed by atoms with Crippen LogP contribution in [0.15, 0.2) is 82.3 Å². The van der Waals surface area contributed by atoms with Gasteiger partial charge in [0.25, 0.3) is 0 Å². The number of aliphatic imine (C=N–C) groups is 1. The van der Waals surface area contributed by atoms with Crippen molar-refractivity contribution >= 4 is 57.0 Å². The zero-order chi connectivity index (χ0) is 31.6.